The highest BCUT2D eigenvalue weighted by Gasteiger charge is 2.49. The lowest BCUT2D eigenvalue weighted by atomic mass is 9.69. The Hall–Kier alpha value is -3.37. The van der Waals surface area contributed by atoms with Gasteiger partial charge in [-0.3, -0.25) is 9.78 Å². The molecule has 4 fully saturated rings. The average Bonchev–Trinajstić information content (AvgIpc) is 3.70. The maximum absolute atomic E-state index is 15.0. The molecular weight excluding hydrogens is 513 g/mol. The SMILES string of the molecule is C[C@H]1C[C@H]1COc1ccc2ncc(F)c(CCC34CCC(NCc5ccc6c(n5)NC(=O)CO6)(CC3)CO4)c2n1. The van der Waals surface area contributed by atoms with Crippen molar-refractivity contribution in [3.8, 4) is 11.6 Å². The summed E-state index contributed by atoms with van der Waals surface area (Å²) in [4.78, 5) is 25.1. The van der Waals surface area contributed by atoms with Crippen LogP contribution < -0.4 is 20.1 Å². The number of amides is 1. The number of hydrogen-bond donors (Lipinski definition) is 2. The number of anilines is 1. The number of nitrogens with one attached hydrogen (secondary N) is 2. The second-order valence-electron chi connectivity index (χ2n) is 12.0. The Labute approximate surface area is 232 Å². The predicted molar refractivity (Wildman–Crippen MR) is 146 cm³/mol. The van der Waals surface area contributed by atoms with Crippen LogP contribution in [-0.4, -0.2) is 51.8 Å². The van der Waals surface area contributed by atoms with Crippen molar-refractivity contribution in [2.45, 2.75) is 69.6 Å². The van der Waals surface area contributed by atoms with Crippen molar-refractivity contribution in [2.24, 2.45) is 11.8 Å². The van der Waals surface area contributed by atoms with E-state index in [1.165, 1.54) is 12.6 Å². The summed E-state index contributed by atoms with van der Waals surface area (Å²) in [5.74, 6) is 2.36. The Morgan fingerprint density at radius 2 is 2.02 bits per heavy atom. The highest BCUT2D eigenvalue weighted by Crippen LogP contribution is 2.46. The molecule has 2 saturated heterocycles. The van der Waals surface area contributed by atoms with Gasteiger partial charge in [0.25, 0.3) is 5.91 Å². The second kappa shape index (κ2) is 9.92. The monoisotopic (exact) mass is 547 g/mol. The van der Waals surface area contributed by atoms with Gasteiger partial charge in [0.15, 0.2) is 18.2 Å². The van der Waals surface area contributed by atoms with Gasteiger partial charge in [0.1, 0.15) is 5.82 Å². The summed E-state index contributed by atoms with van der Waals surface area (Å²) < 4.78 is 32.9. The molecule has 6 heterocycles. The van der Waals surface area contributed by atoms with E-state index in [0.29, 0.717) is 72.1 Å². The van der Waals surface area contributed by atoms with Crippen LogP contribution in [0.15, 0.2) is 30.5 Å². The molecule has 2 aliphatic carbocycles. The van der Waals surface area contributed by atoms with Gasteiger partial charge in [-0.25, -0.2) is 14.4 Å². The van der Waals surface area contributed by atoms with Crippen molar-refractivity contribution < 1.29 is 23.4 Å². The first kappa shape index (κ1) is 25.6. The van der Waals surface area contributed by atoms with Crippen LogP contribution in [-0.2, 0) is 22.5 Å². The van der Waals surface area contributed by atoms with Gasteiger partial charge < -0.3 is 24.8 Å². The molecule has 0 radical (unpaired) electrons. The van der Waals surface area contributed by atoms with Crippen LogP contribution >= 0.6 is 0 Å². The largest absolute Gasteiger partial charge is 0.480 e. The molecule has 3 aliphatic heterocycles. The number of aryl methyl sites for hydroxylation is 1. The number of ether oxygens (including phenoxy) is 3. The third-order valence-electron chi connectivity index (χ3n) is 9.24. The molecule has 2 atom stereocenters. The van der Waals surface area contributed by atoms with Crippen LogP contribution in [0.25, 0.3) is 11.0 Å². The van der Waals surface area contributed by atoms with E-state index in [-0.39, 0.29) is 29.5 Å². The maximum Gasteiger partial charge on any atom is 0.263 e. The number of nitrogens with zero attached hydrogens (tertiary/aromatic N) is 3. The summed E-state index contributed by atoms with van der Waals surface area (Å²) in [6.45, 7) is 4.07. The normalized spacial score (nSPS) is 28.6. The highest BCUT2D eigenvalue weighted by molar-refractivity contribution is 5.94. The molecule has 10 heteroatoms. The minimum absolute atomic E-state index is 0.0181. The zero-order valence-corrected chi connectivity index (χ0v) is 22.7. The number of rotatable bonds is 9. The van der Waals surface area contributed by atoms with E-state index in [4.69, 9.17) is 14.2 Å². The van der Waals surface area contributed by atoms with E-state index in [1.807, 2.05) is 24.3 Å². The van der Waals surface area contributed by atoms with Gasteiger partial charge in [-0.2, -0.15) is 0 Å². The van der Waals surface area contributed by atoms with Crippen molar-refractivity contribution >= 4 is 22.8 Å². The number of carbonyl (C=O) groups is 1. The number of hydrogen-bond acceptors (Lipinski definition) is 8. The first-order chi connectivity index (χ1) is 19.4. The number of pyridine rings is 3. The van der Waals surface area contributed by atoms with Crippen molar-refractivity contribution in [1.29, 1.82) is 0 Å². The minimum atomic E-state index is -0.328. The van der Waals surface area contributed by atoms with E-state index in [9.17, 15) is 4.79 Å². The Morgan fingerprint density at radius 1 is 1.18 bits per heavy atom. The van der Waals surface area contributed by atoms with Crippen LogP contribution in [0, 0.1) is 17.7 Å². The average molecular weight is 548 g/mol. The summed E-state index contributed by atoms with van der Waals surface area (Å²) in [6.07, 6.45) is 7.54. The predicted octanol–water partition coefficient (Wildman–Crippen LogP) is 4.33. The fourth-order valence-corrected chi connectivity index (χ4v) is 6.27. The van der Waals surface area contributed by atoms with Gasteiger partial charge in [0, 0.05) is 23.7 Å². The smallest absolute Gasteiger partial charge is 0.263 e. The van der Waals surface area contributed by atoms with E-state index < -0.39 is 0 Å². The minimum Gasteiger partial charge on any atom is -0.480 e. The summed E-state index contributed by atoms with van der Waals surface area (Å²) in [7, 11) is 0. The molecule has 0 unspecified atom stereocenters. The van der Waals surface area contributed by atoms with E-state index in [0.717, 1.165) is 37.8 Å². The van der Waals surface area contributed by atoms with Crippen molar-refractivity contribution in [2.75, 3.05) is 25.1 Å². The van der Waals surface area contributed by atoms with Gasteiger partial charge >= 0.3 is 0 Å². The molecule has 3 aromatic heterocycles. The molecule has 40 heavy (non-hydrogen) atoms. The molecule has 2 N–H and O–H groups in total. The van der Waals surface area contributed by atoms with Gasteiger partial charge in [0.05, 0.1) is 41.7 Å². The topological polar surface area (TPSA) is 107 Å². The molecular formula is C30H34FN5O4. The molecule has 2 bridgehead atoms. The second-order valence-corrected chi connectivity index (χ2v) is 12.0. The molecule has 3 aromatic rings. The summed E-state index contributed by atoms with van der Waals surface area (Å²) in [5, 5.41) is 6.45. The zero-order chi connectivity index (χ0) is 27.3. The molecule has 210 valence electrons. The highest BCUT2D eigenvalue weighted by atomic mass is 19.1. The van der Waals surface area contributed by atoms with Crippen molar-refractivity contribution in [3.05, 3.63) is 47.5 Å². The first-order valence-electron chi connectivity index (χ1n) is 14.3. The summed E-state index contributed by atoms with van der Waals surface area (Å²) in [5.41, 5.74) is 2.32. The van der Waals surface area contributed by atoms with Crippen LogP contribution in [0.5, 0.6) is 11.6 Å². The van der Waals surface area contributed by atoms with Crippen LogP contribution in [0.2, 0.25) is 0 Å². The molecule has 2 saturated carbocycles. The Balaban J connectivity index is 0.985. The fraction of sp³-hybridized carbons (Fsp3) is 0.533. The molecule has 5 aliphatic rings. The van der Waals surface area contributed by atoms with Crippen LogP contribution in [0.3, 0.4) is 0 Å². The standard InChI is InChI=1S/C30H34FN5O4/c1-18-12-19(18)15-39-26-5-3-23-27(36-26)21(22(31)14-32-23)6-7-30-10-8-29(9-11-30,17-40-30)33-13-20-2-4-24-28(34-20)35-25(37)16-38-24/h2-5,14,18-19,33H,6-13,15-17H2,1H3,(H,34,35,37)/t18-,19-,29?,30?/m0/s1. The Kier molecular flexibility index (Phi) is 6.35. The van der Waals surface area contributed by atoms with E-state index in [2.05, 4.69) is 32.5 Å². The van der Waals surface area contributed by atoms with Crippen molar-refractivity contribution in [3.63, 3.8) is 0 Å². The van der Waals surface area contributed by atoms with Gasteiger partial charge in [-0.05, 0) is 75.0 Å². The third-order valence-corrected chi connectivity index (χ3v) is 9.24. The van der Waals surface area contributed by atoms with Gasteiger partial charge in [-0.1, -0.05) is 6.92 Å². The molecule has 8 rings (SSSR count). The van der Waals surface area contributed by atoms with Crippen LogP contribution in [0.1, 0.15) is 56.7 Å². The maximum atomic E-state index is 15.0. The Morgan fingerprint density at radius 3 is 2.80 bits per heavy atom. The quantitative estimate of drug-likeness (QED) is 0.408. The third kappa shape index (κ3) is 4.99. The lowest BCUT2D eigenvalue weighted by molar-refractivity contribution is -0.165. The van der Waals surface area contributed by atoms with Crippen LogP contribution in [0.4, 0.5) is 10.2 Å². The van der Waals surface area contributed by atoms with Gasteiger partial charge in [0.2, 0.25) is 5.88 Å². The summed E-state index contributed by atoms with van der Waals surface area (Å²) in [6, 6.07) is 7.45. The molecule has 0 spiro atoms. The number of carbonyl (C=O) groups excluding carboxylic acids is 1. The number of fused-ring (bicyclic) bond motifs is 5. The van der Waals surface area contributed by atoms with Crippen molar-refractivity contribution in [1.82, 2.24) is 20.3 Å². The lowest BCUT2D eigenvalue weighted by Crippen LogP contribution is -2.61. The van der Waals surface area contributed by atoms with E-state index in [1.54, 1.807) is 0 Å². The Bertz CT molecular complexity index is 1440. The number of halogens is 1. The summed E-state index contributed by atoms with van der Waals surface area (Å²) >= 11 is 0. The lowest BCUT2D eigenvalue weighted by Gasteiger charge is -2.53. The van der Waals surface area contributed by atoms with Gasteiger partial charge in [-0.15, -0.1) is 0 Å². The zero-order valence-electron chi connectivity index (χ0n) is 22.7. The fourth-order valence-electron chi connectivity index (χ4n) is 6.27. The number of aromatic nitrogens is 3. The molecule has 1 amide bonds. The first-order valence-corrected chi connectivity index (χ1v) is 14.3. The molecule has 0 aromatic carbocycles. The van der Waals surface area contributed by atoms with E-state index >= 15 is 4.39 Å². The molecule has 9 nitrogen and oxygen atoms in total.